The zero-order valence-electron chi connectivity index (χ0n) is 12.3. The number of hydrogen-bond donors (Lipinski definition) is 0. The Morgan fingerprint density at radius 3 is 2.70 bits per heavy atom. The van der Waals surface area contributed by atoms with Crippen LogP contribution in [0.5, 0.6) is 0 Å². The van der Waals surface area contributed by atoms with E-state index < -0.39 is 17.7 Å². The molecule has 0 N–H and O–H groups in total. The van der Waals surface area contributed by atoms with Crippen molar-refractivity contribution in [2.75, 3.05) is 0 Å². The fourth-order valence-electron chi connectivity index (χ4n) is 3.34. The molecular weight excluding hydrogens is 261 g/mol. The van der Waals surface area contributed by atoms with Gasteiger partial charge in [0.25, 0.3) is 5.92 Å². The maximum Gasteiger partial charge on any atom is 0.279 e. The minimum absolute atomic E-state index is 0.308. The number of alkyl halides is 2. The van der Waals surface area contributed by atoms with Gasteiger partial charge in [-0.3, -0.25) is 0 Å². The van der Waals surface area contributed by atoms with Crippen LogP contribution in [0.2, 0.25) is 0 Å². The SMILES string of the molecule is CCCC(C)CCCC1Cc2cccc(F)c2C1(F)F. The Kier molecular flexibility index (Phi) is 4.77. The lowest BCUT2D eigenvalue weighted by atomic mass is 9.92. The first-order valence-electron chi connectivity index (χ1n) is 7.62. The first-order chi connectivity index (χ1) is 9.46. The highest BCUT2D eigenvalue weighted by molar-refractivity contribution is 5.38. The van der Waals surface area contributed by atoms with Gasteiger partial charge in [-0.2, -0.15) is 0 Å². The summed E-state index contributed by atoms with van der Waals surface area (Å²) in [6.45, 7) is 4.31. The van der Waals surface area contributed by atoms with Gasteiger partial charge in [0.05, 0.1) is 5.56 Å². The highest BCUT2D eigenvalue weighted by Gasteiger charge is 2.49. The van der Waals surface area contributed by atoms with E-state index in [4.69, 9.17) is 0 Å². The van der Waals surface area contributed by atoms with E-state index in [1.807, 2.05) is 0 Å². The average molecular weight is 284 g/mol. The first kappa shape index (κ1) is 15.4. The van der Waals surface area contributed by atoms with Crippen LogP contribution in [0.3, 0.4) is 0 Å². The van der Waals surface area contributed by atoms with Crippen molar-refractivity contribution in [3.05, 3.63) is 35.1 Å². The van der Waals surface area contributed by atoms with E-state index >= 15 is 0 Å². The molecule has 1 aromatic carbocycles. The number of halogens is 3. The van der Waals surface area contributed by atoms with Gasteiger partial charge in [0.1, 0.15) is 5.82 Å². The normalized spacial score (nSPS) is 21.8. The van der Waals surface area contributed by atoms with Crippen LogP contribution in [0.15, 0.2) is 18.2 Å². The van der Waals surface area contributed by atoms with Crippen LogP contribution in [-0.4, -0.2) is 0 Å². The Bertz CT molecular complexity index is 454. The molecule has 0 fully saturated rings. The molecule has 0 nitrogen and oxygen atoms in total. The van der Waals surface area contributed by atoms with Gasteiger partial charge in [-0.15, -0.1) is 0 Å². The average Bonchev–Trinajstić information content (AvgIpc) is 2.62. The van der Waals surface area contributed by atoms with Crippen molar-refractivity contribution in [2.24, 2.45) is 11.8 Å². The van der Waals surface area contributed by atoms with Gasteiger partial charge in [-0.05, 0) is 30.4 Å². The third kappa shape index (κ3) is 3.02. The molecule has 1 aliphatic carbocycles. The second-order valence-electron chi connectivity index (χ2n) is 6.12. The predicted molar refractivity (Wildman–Crippen MR) is 75.4 cm³/mol. The first-order valence-corrected chi connectivity index (χ1v) is 7.62. The second kappa shape index (κ2) is 6.19. The van der Waals surface area contributed by atoms with Crippen molar-refractivity contribution in [2.45, 2.75) is 58.3 Å². The van der Waals surface area contributed by atoms with Gasteiger partial charge in [-0.25, -0.2) is 13.2 Å². The van der Waals surface area contributed by atoms with Crippen LogP contribution < -0.4 is 0 Å². The molecule has 2 atom stereocenters. The molecule has 0 bridgehead atoms. The molecule has 1 aliphatic rings. The quantitative estimate of drug-likeness (QED) is 0.629. The molecule has 1 aromatic rings. The maximum atomic E-state index is 14.3. The van der Waals surface area contributed by atoms with Crippen molar-refractivity contribution >= 4 is 0 Å². The predicted octanol–water partition coefficient (Wildman–Crippen LogP) is 5.70. The maximum absolute atomic E-state index is 14.3. The Balaban J connectivity index is 1.97. The Morgan fingerprint density at radius 2 is 2.05 bits per heavy atom. The van der Waals surface area contributed by atoms with Crippen LogP contribution in [-0.2, 0) is 12.3 Å². The smallest absolute Gasteiger partial charge is 0.206 e. The number of fused-ring (bicyclic) bond motifs is 1. The zero-order chi connectivity index (χ0) is 14.8. The Labute approximate surface area is 119 Å². The summed E-state index contributed by atoms with van der Waals surface area (Å²) in [5.74, 6) is -3.90. The van der Waals surface area contributed by atoms with Crippen LogP contribution in [0.25, 0.3) is 0 Å². The standard InChI is InChI=1S/C17H23F3/c1-3-6-12(2)7-4-9-14-11-13-8-5-10-15(18)16(13)17(14,19)20/h5,8,10,12,14H,3-4,6-7,9,11H2,1-2H3. The molecule has 3 heteroatoms. The molecule has 0 aromatic heterocycles. The molecule has 0 saturated heterocycles. The summed E-state index contributed by atoms with van der Waals surface area (Å²) < 4.78 is 42.2. The van der Waals surface area contributed by atoms with Gasteiger partial charge >= 0.3 is 0 Å². The zero-order valence-corrected chi connectivity index (χ0v) is 12.3. The summed E-state index contributed by atoms with van der Waals surface area (Å²) in [4.78, 5) is 0. The van der Waals surface area contributed by atoms with Crippen molar-refractivity contribution in [1.82, 2.24) is 0 Å². The molecular formula is C17H23F3. The van der Waals surface area contributed by atoms with E-state index in [0.717, 1.165) is 31.7 Å². The molecule has 0 amide bonds. The van der Waals surface area contributed by atoms with Gasteiger partial charge in [-0.1, -0.05) is 51.7 Å². The van der Waals surface area contributed by atoms with E-state index in [-0.39, 0.29) is 5.56 Å². The fraction of sp³-hybridized carbons (Fsp3) is 0.647. The summed E-state index contributed by atoms with van der Waals surface area (Å²) in [7, 11) is 0. The summed E-state index contributed by atoms with van der Waals surface area (Å²) in [6.07, 6.45) is 4.86. The highest BCUT2D eigenvalue weighted by atomic mass is 19.3. The number of benzene rings is 1. The van der Waals surface area contributed by atoms with E-state index in [2.05, 4.69) is 13.8 Å². The molecule has 20 heavy (non-hydrogen) atoms. The molecule has 0 radical (unpaired) electrons. The van der Waals surface area contributed by atoms with E-state index in [0.29, 0.717) is 24.3 Å². The lowest BCUT2D eigenvalue weighted by Crippen LogP contribution is -2.22. The van der Waals surface area contributed by atoms with Gasteiger partial charge in [0.2, 0.25) is 0 Å². The molecule has 0 saturated carbocycles. The molecule has 2 unspecified atom stereocenters. The minimum atomic E-state index is -3.01. The van der Waals surface area contributed by atoms with E-state index in [1.54, 1.807) is 6.07 Å². The molecule has 0 heterocycles. The Hall–Kier alpha value is -0.990. The lowest BCUT2D eigenvalue weighted by molar-refractivity contribution is -0.0585. The van der Waals surface area contributed by atoms with Gasteiger partial charge in [0, 0.05) is 5.92 Å². The van der Waals surface area contributed by atoms with Crippen molar-refractivity contribution in [3.8, 4) is 0 Å². The van der Waals surface area contributed by atoms with Crippen molar-refractivity contribution < 1.29 is 13.2 Å². The third-order valence-corrected chi connectivity index (χ3v) is 4.44. The monoisotopic (exact) mass is 284 g/mol. The molecule has 0 spiro atoms. The van der Waals surface area contributed by atoms with E-state index in [1.165, 1.54) is 6.07 Å². The van der Waals surface area contributed by atoms with Crippen molar-refractivity contribution in [1.29, 1.82) is 0 Å². The van der Waals surface area contributed by atoms with E-state index in [9.17, 15) is 13.2 Å². The van der Waals surface area contributed by atoms with Crippen LogP contribution in [0, 0.1) is 17.7 Å². The van der Waals surface area contributed by atoms with Crippen LogP contribution >= 0.6 is 0 Å². The fourth-order valence-corrected chi connectivity index (χ4v) is 3.34. The summed E-state index contributed by atoms with van der Waals surface area (Å²) in [5, 5.41) is 0. The van der Waals surface area contributed by atoms with Gasteiger partial charge < -0.3 is 0 Å². The topological polar surface area (TPSA) is 0 Å². The third-order valence-electron chi connectivity index (χ3n) is 4.44. The van der Waals surface area contributed by atoms with Gasteiger partial charge in [0.15, 0.2) is 0 Å². The Morgan fingerprint density at radius 1 is 1.30 bits per heavy atom. The lowest BCUT2D eigenvalue weighted by Gasteiger charge is -2.21. The number of hydrogen-bond acceptors (Lipinski definition) is 0. The van der Waals surface area contributed by atoms with Crippen LogP contribution in [0.1, 0.15) is 57.1 Å². The highest BCUT2D eigenvalue weighted by Crippen LogP contribution is 2.49. The second-order valence-corrected chi connectivity index (χ2v) is 6.12. The largest absolute Gasteiger partial charge is 0.279 e. The summed E-state index contributed by atoms with van der Waals surface area (Å²) in [5.41, 5.74) is 0.133. The molecule has 0 aliphatic heterocycles. The molecule has 112 valence electrons. The van der Waals surface area contributed by atoms with Crippen LogP contribution in [0.4, 0.5) is 13.2 Å². The summed E-state index contributed by atoms with van der Waals surface area (Å²) in [6, 6.07) is 4.29. The summed E-state index contributed by atoms with van der Waals surface area (Å²) >= 11 is 0. The minimum Gasteiger partial charge on any atom is -0.206 e. The number of rotatable bonds is 6. The molecule has 2 rings (SSSR count). The van der Waals surface area contributed by atoms with Crippen molar-refractivity contribution in [3.63, 3.8) is 0 Å².